The van der Waals surface area contributed by atoms with Gasteiger partial charge < -0.3 is 24.9 Å². The third-order valence-corrected chi connectivity index (χ3v) is 7.27. The normalized spacial score (nSPS) is 14.3. The quantitative estimate of drug-likeness (QED) is 0.123. The van der Waals surface area contributed by atoms with E-state index in [2.05, 4.69) is 17.6 Å². The van der Waals surface area contributed by atoms with Crippen LogP contribution in [0.15, 0.2) is 0 Å². The molecule has 0 fully saturated rings. The zero-order valence-corrected chi connectivity index (χ0v) is 25.1. The maximum Gasteiger partial charge on any atom is 0.328 e. The van der Waals surface area contributed by atoms with Gasteiger partial charge in [-0.1, -0.05) is 66.2 Å². The lowest BCUT2D eigenvalue weighted by atomic mass is 9.99. The Kier molecular flexibility index (Phi) is 21.8. The van der Waals surface area contributed by atoms with Crippen molar-refractivity contribution in [3.8, 4) is 0 Å². The van der Waals surface area contributed by atoms with Crippen molar-refractivity contribution >= 4 is 23.6 Å². The van der Waals surface area contributed by atoms with Crippen LogP contribution in [0.5, 0.6) is 0 Å². The van der Waals surface area contributed by atoms with Crippen LogP contribution in [0.3, 0.4) is 0 Å². The standard InChI is InChI=1S/C30H56N2O6/c1-7-23(3)27(31-6)29(35)37-21-17-13-14-18-22-38-30(36)28(24(4)8-2)32-26(34)20-16-12-10-9-11-15-19-25(5)33/h23-24,27-28,31H,7-22H2,1-6H3,(H,32,34). The largest absolute Gasteiger partial charge is 0.465 e. The highest BCUT2D eigenvalue weighted by atomic mass is 16.5. The smallest absolute Gasteiger partial charge is 0.328 e. The number of esters is 2. The fraction of sp³-hybridized carbons (Fsp3) is 0.867. The number of ether oxygens (including phenoxy) is 2. The van der Waals surface area contributed by atoms with E-state index in [0.717, 1.165) is 77.0 Å². The molecule has 0 saturated heterocycles. The number of carbonyl (C=O) groups is 4. The number of ketones is 1. The van der Waals surface area contributed by atoms with Crippen LogP contribution in [0.25, 0.3) is 0 Å². The van der Waals surface area contributed by atoms with Crippen LogP contribution in [-0.4, -0.2) is 56.0 Å². The number of Topliss-reactive ketones (excluding diaryl/α,β-unsaturated/α-hetero) is 1. The van der Waals surface area contributed by atoms with Gasteiger partial charge in [0.1, 0.15) is 17.9 Å². The van der Waals surface area contributed by atoms with E-state index in [0.29, 0.717) is 26.1 Å². The highest BCUT2D eigenvalue weighted by molar-refractivity contribution is 5.84. The average Bonchev–Trinajstić information content (AvgIpc) is 2.89. The van der Waals surface area contributed by atoms with Crippen molar-refractivity contribution in [2.24, 2.45) is 11.8 Å². The van der Waals surface area contributed by atoms with Gasteiger partial charge in [0.05, 0.1) is 13.2 Å². The predicted molar refractivity (Wildman–Crippen MR) is 152 cm³/mol. The van der Waals surface area contributed by atoms with Crippen molar-refractivity contribution < 1.29 is 28.7 Å². The number of hydrogen-bond acceptors (Lipinski definition) is 7. The second kappa shape index (κ2) is 23.0. The summed E-state index contributed by atoms with van der Waals surface area (Å²) in [7, 11) is 1.78. The van der Waals surface area contributed by atoms with E-state index in [1.807, 2.05) is 20.8 Å². The van der Waals surface area contributed by atoms with Gasteiger partial charge in [0.15, 0.2) is 0 Å². The number of amides is 1. The average molecular weight is 541 g/mol. The van der Waals surface area contributed by atoms with Gasteiger partial charge in [-0.05, 0) is 64.3 Å². The van der Waals surface area contributed by atoms with Crippen LogP contribution in [0.2, 0.25) is 0 Å². The molecule has 8 nitrogen and oxygen atoms in total. The lowest BCUT2D eigenvalue weighted by Crippen LogP contribution is -2.46. The molecule has 0 aliphatic carbocycles. The lowest BCUT2D eigenvalue weighted by molar-refractivity contribution is -0.150. The zero-order valence-electron chi connectivity index (χ0n) is 25.1. The van der Waals surface area contributed by atoms with E-state index in [1.54, 1.807) is 14.0 Å². The topological polar surface area (TPSA) is 111 Å². The second-order valence-corrected chi connectivity index (χ2v) is 10.7. The summed E-state index contributed by atoms with van der Waals surface area (Å²) in [6.07, 6.45) is 11.9. The van der Waals surface area contributed by atoms with Crippen LogP contribution >= 0.6 is 0 Å². The minimum absolute atomic E-state index is 0.000671. The van der Waals surface area contributed by atoms with Crippen molar-refractivity contribution in [3.05, 3.63) is 0 Å². The molecule has 0 heterocycles. The Bertz CT molecular complexity index is 669. The minimum atomic E-state index is -0.621. The summed E-state index contributed by atoms with van der Waals surface area (Å²) in [5.41, 5.74) is 0. The molecule has 0 aromatic rings. The summed E-state index contributed by atoms with van der Waals surface area (Å²) in [6, 6.07) is -0.892. The van der Waals surface area contributed by atoms with Crippen molar-refractivity contribution in [2.75, 3.05) is 20.3 Å². The molecule has 0 bridgehead atoms. The Morgan fingerprint density at radius 3 is 1.53 bits per heavy atom. The monoisotopic (exact) mass is 540 g/mol. The van der Waals surface area contributed by atoms with Crippen molar-refractivity contribution in [2.45, 2.75) is 137 Å². The molecule has 38 heavy (non-hydrogen) atoms. The van der Waals surface area contributed by atoms with E-state index in [-0.39, 0.29) is 41.5 Å². The molecule has 0 saturated carbocycles. The number of likely N-dealkylation sites (N-methyl/N-ethyl adjacent to an activating group) is 1. The van der Waals surface area contributed by atoms with Crippen LogP contribution in [0.4, 0.5) is 0 Å². The molecule has 1 amide bonds. The first-order valence-corrected chi connectivity index (χ1v) is 15.0. The lowest BCUT2D eigenvalue weighted by Gasteiger charge is -2.22. The molecule has 0 aliphatic heterocycles. The van der Waals surface area contributed by atoms with E-state index >= 15 is 0 Å². The number of unbranched alkanes of at least 4 members (excludes halogenated alkanes) is 8. The van der Waals surface area contributed by atoms with Gasteiger partial charge in [0, 0.05) is 12.8 Å². The fourth-order valence-corrected chi connectivity index (χ4v) is 4.23. The Morgan fingerprint density at radius 1 is 0.632 bits per heavy atom. The van der Waals surface area contributed by atoms with E-state index in [1.165, 1.54) is 0 Å². The molecule has 0 spiro atoms. The minimum Gasteiger partial charge on any atom is -0.465 e. The third kappa shape index (κ3) is 17.5. The summed E-state index contributed by atoms with van der Waals surface area (Å²) in [6.45, 7) is 10.4. The van der Waals surface area contributed by atoms with Crippen LogP contribution in [-0.2, 0) is 28.7 Å². The summed E-state index contributed by atoms with van der Waals surface area (Å²) in [5.74, 6) is -0.200. The van der Waals surface area contributed by atoms with Gasteiger partial charge in [-0.25, -0.2) is 4.79 Å². The SMILES string of the molecule is CCC(C)C(NC)C(=O)OCCCCCCOC(=O)C(NC(=O)CCCCCCCCC(C)=O)C(C)CC. The Balaban J connectivity index is 4.11. The molecule has 0 aromatic heterocycles. The maximum atomic E-state index is 12.7. The maximum absolute atomic E-state index is 12.7. The van der Waals surface area contributed by atoms with Crippen molar-refractivity contribution in [1.29, 1.82) is 0 Å². The molecule has 4 atom stereocenters. The van der Waals surface area contributed by atoms with Gasteiger partial charge in [0.2, 0.25) is 5.91 Å². The molecule has 2 N–H and O–H groups in total. The van der Waals surface area contributed by atoms with Crippen molar-refractivity contribution in [1.82, 2.24) is 10.6 Å². The molecule has 222 valence electrons. The highest BCUT2D eigenvalue weighted by Gasteiger charge is 2.27. The number of carbonyl (C=O) groups excluding carboxylic acids is 4. The van der Waals surface area contributed by atoms with Gasteiger partial charge >= 0.3 is 11.9 Å². The summed E-state index contributed by atoms with van der Waals surface area (Å²) in [5, 5.41) is 5.92. The van der Waals surface area contributed by atoms with Crippen molar-refractivity contribution in [3.63, 3.8) is 0 Å². The van der Waals surface area contributed by atoms with Gasteiger partial charge in [-0.2, -0.15) is 0 Å². The predicted octanol–water partition coefficient (Wildman–Crippen LogP) is 5.51. The molecule has 0 aromatic carbocycles. The van der Waals surface area contributed by atoms with Gasteiger partial charge in [0.25, 0.3) is 0 Å². The fourth-order valence-electron chi connectivity index (χ4n) is 4.23. The molecular weight excluding hydrogens is 484 g/mol. The zero-order chi connectivity index (χ0) is 28.8. The first kappa shape index (κ1) is 36.0. The third-order valence-electron chi connectivity index (χ3n) is 7.27. The Morgan fingerprint density at radius 2 is 1.05 bits per heavy atom. The Labute approximate surface area is 231 Å². The second-order valence-electron chi connectivity index (χ2n) is 10.7. The summed E-state index contributed by atoms with van der Waals surface area (Å²) < 4.78 is 10.9. The molecule has 8 heteroatoms. The first-order valence-electron chi connectivity index (χ1n) is 15.0. The molecule has 4 unspecified atom stereocenters. The molecule has 0 radical (unpaired) electrons. The van der Waals surface area contributed by atoms with E-state index in [4.69, 9.17) is 9.47 Å². The summed E-state index contributed by atoms with van der Waals surface area (Å²) in [4.78, 5) is 48.2. The van der Waals surface area contributed by atoms with Crippen LogP contribution < -0.4 is 10.6 Å². The highest BCUT2D eigenvalue weighted by Crippen LogP contribution is 2.13. The van der Waals surface area contributed by atoms with E-state index in [9.17, 15) is 19.2 Å². The van der Waals surface area contributed by atoms with Crippen LogP contribution in [0.1, 0.15) is 125 Å². The number of hydrogen-bond donors (Lipinski definition) is 2. The summed E-state index contributed by atoms with van der Waals surface area (Å²) >= 11 is 0. The van der Waals surface area contributed by atoms with E-state index < -0.39 is 6.04 Å². The van der Waals surface area contributed by atoms with Gasteiger partial charge in [-0.3, -0.25) is 9.59 Å². The van der Waals surface area contributed by atoms with Gasteiger partial charge in [-0.15, -0.1) is 0 Å². The number of rotatable bonds is 24. The molecule has 0 aliphatic rings. The Hall–Kier alpha value is -1.96. The number of nitrogens with one attached hydrogen (secondary N) is 2. The first-order chi connectivity index (χ1) is 18.2. The molecular formula is C30H56N2O6. The molecule has 0 rings (SSSR count). The van der Waals surface area contributed by atoms with Crippen LogP contribution in [0, 0.1) is 11.8 Å².